The minimum Gasteiger partial charge on any atom is -0.395 e. The predicted molar refractivity (Wildman–Crippen MR) is 60.5 cm³/mol. The van der Waals surface area contributed by atoms with Gasteiger partial charge in [-0.05, 0) is 18.1 Å². The van der Waals surface area contributed by atoms with Gasteiger partial charge in [0.25, 0.3) is 0 Å². The Balaban J connectivity index is 2.87. The van der Waals surface area contributed by atoms with Gasteiger partial charge in [0, 0.05) is 10.4 Å². The molecule has 0 fully saturated rings. The first-order valence-corrected chi connectivity index (χ1v) is 4.97. The molecule has 0 aliphatic heterocycles. The number of hydrogen-bond donors (Lipinski definition) is 1. The van der Waals surface area contributed by atoms with Crippen LogP contribution in [0.4, 0.5) is 0 Å². The van der Waals surface area contributed by atoms with Crippen LogP contribution in [0.3, 0.4) is 0 Å². The molecule has 0 aliphatic carbocycles. The van der Waals surface area contributed by atoms with Crippen LogP contribution >= 0.6 is 11.6 Å². The van der Waals surface area contributed by atoms with Gasteiger partial charge in [0.2, 0.25) is 0 Å². The maximum Gasteiger partial charge on any atom is 0.0522 e. The number of halogens is 1. The van der Waals surface area contributed by atoms with Gasteiger partial charge in [-0.15, -0.1) is 6.58 Å². The zero-order valence-corrected chi connectivity index (χ0v) is 9.09. The zero-order valence-electron chi connectivity index (χ0n) is 8.33. The highest BCUT2D eigenvalue weighted by Gasteiger charge is 2.20. The third-order valence-corrected chi connectivity index (χ3v) is 2.77. The Kier molecular flexibility index (Phi) is 3.73. The lowest BCUT2D eigenvalue weighted by molar-refractivity contribution is 0.184. The fraction of sp³-hybridized carbons (Fsp3) is 0.333. The molecule has 1 aromatic carbocycles. The Bertz CT molecular complexity index is 322. The van der Waals surface area contributed by atoms with Crippen LogP contribution in [0.25, 0.3) is 0 Å². The average molecular weight is 211 g/mol. The number of aliphatic hydroxyl groups is 1. The number of aliphatic hydroxyl groups excluding tert-OH is 1. The van der Waals surface area contributed by atoms with Gasteiger partial charge in [0.15, 0.2) is 0 Å². The van der Waals surface area contributed by atoms with E-state index in [9.17, 15) is 5.11 Å². The van der Waals surface area contributed by atoms with E-state index in [4.69, 9.17) is 11.6 Å². The fourth-order valence-electron chi connectivity index (χ4n) is 1.27. The van der Waals surface area contributed by atoms with E-state index in [-0.39, 0.29) is 12.0 Å². The third-order valence-electron chi connectivity index (χ3n) is 2.41. The van der Waals surface area contributed by atoms with Crippen molar-refractivity contribution in [2.24, 2.45) is 5.41 Å². The van der Waals surface area contributed by atoms with Gasteiger partial charge in [-0.25, -0.2) is 0 Å². The molecule has 76 valence electrons. The van der Waals surface area contributed by atoms with Gasteiger partial charge >= 0.3 is 0 Å². The highest BCUT2D eigenvalue weighted by molar-refractivity contribution is 6.31. The Morgan fingerprint density at radius 2 is 2.14 bits per heavy atom. The van der Waals surface area contributed by atoms with E-state index >= 15 is 0 Å². The topological polar surface area (TPSA) is 20.2 Å². The molecule has 1 unspecified atom stereocenters. The SMILES string of the molecule is C=CC(C)(CO)Cc1ccccc1Cl. The van der Waals surface area contributed by atoms with Crippen LogP contribution in [0.1, 0.15) is 12.5 Å². The maximum absolute atomic E-state index is 9.22. The summed E-state index contributed by atoms with van der Waals surface area (Å²) in [6.07, 6.45) is 2.49. The quantitative estimate of drug-likeness (QED) is 0.758. The van der Waals surface area contributed by atoms with Crippen LogP contribution in [-0.4, -0.2) is 11.7 Å². The minimum absolute atomic E-state index is 0.0850. The molecule has 0 amide bonds. The second-order valence-corrected chi connectivity index (χ2v) is 4.19. The molecule has 2 heteroatoms. The smallest absolute Gasteiger partial charge is 0.0522 e. The molecule has 1 rings (SSSR count). The number of hydrogen-bond acceptors (Lipinski definition) is 1. The second-order valence-electron chi connectivity index (χ2n) is 3.78. The van der Waals surface area contributed by atoms with E-state index in [1.54, 1.807) is 6.08 Å². The third kappa shape index (κ3) is 2.60. The first kappa shape index (κ1) is 11.3. The van der Waals surface area contributed by atoms with E-state index in [2.05, 4.69) is 6.58 Å². The van der Waals surface area contributed by atoms with Crippen LogP contribution in [0, 0.1) is 5.41 Å². The Labute approximate surface area is 90.0 Å². The summed E-state index contributed by atoms with van der Waals surface area (Å²) >= 11 is 6.03. The van der Waals surface area contributed by atoms with Gasteiger partial charge in [0.1, 0.15) is 0 Å². The summed E-state index contributed by atoms with van der Waals surface area (Å²) in [7, 11) is 0. The first-order valence-electron chi connectivity index (χ1n) is 4.59. The molecule has 0 aromatic heterocycles. The lowest BCUT2D eigenvalue weighted by Crippen LogP contribution is -2.21. The van der Waals surface area contributed by atoms with Gasteiger partial charge in [-0.3, -0.25) is 0 Å². The summed E-state index contributed by atoms with van der Waals surface area (Å²) < 4.78 is 0. The van der Waals surface area contributed by atoms with Crippen molar-refractivity contribution in [3.63, 3.8) is 0 Å². The van der Waals surface area contributed by atoms with Gasteiger partial charge in [0.05, 0.1) is 6.61 Å². The van der Waals surface area contributed by atoms with Crippen molar-refractivity contribution in [3.8, 4) is 0 Å². The summed E-state index contributed by atoms with van der Waals surface area (Å²) in [6, 6.07) is 7.68. The van der Waals surface area contributed by atoms with Gasteiger partial charge < -0.3 is 5.11 Å². The van der Waals surface area contributed by atoms with Crippen molar-refractivity contribution in [1.29, 1.82) is 0 Å². The van der Waals surface area contributed by atoms with Crippen molar-refractivity contribution >= 4 is 11.6 Å². The van der Waals surface area contributed by atoms with Crippen LogP contribution in [0.5, 0.6) is 0 Å². The van der Waals surface area contributed by atoms with Crippen molar-refractivity contribution in [2.75, 3.05) is 6.61 Å². The molecule has 1 aromatic rings. The summed E-state index contributed by atoms with van der Waals surface area (Å²) in [4.78, 5) is 0. The number of rotatable bonds is 4. The standard InChI is InChI=1S/C12H15ClO/c1-3-12(2,9-14)8-10-6-4-5-7-11(10)13/h3-7,14H,1,8-9H2,2H3. The fourth-order valence-corrected chi connectivity index (χ4v) is 1.47. The molecular weight excluding hydrogens is 196 g/mol. The zero-order chi connectivity index (χ0) is 10.6. The molecule has 0 saturated heterocycles. The van der Waals surface area contributed by atoms with E-state index in [1.807, 2.05) is 31.2 Å². The van der Waals surface area contributed by atoms with Crippen molar-refractivity contribution < 1.29 is 5.11 Å². The van der Waals surface area contributed by atoms with Gasteiger partial charge in [-0.2, -0.15) is 0 Å². The van der Waals surface area contributed by atoms with Crippen LogP contribution in [0.2, 0.25) is 5.02 Å². The molecule has 0 radical (unpaired) electrons. The maximum atomic E-state index is 9.22. The number of benzene rings is 1. The van der Waals surface area contributed by atoms with E-state index in [1.165, 1.54) is 0 Å². The minimum atomic E-state index is -0.287. The summed E-state index contributed by atoms with van der Waals surface area (Å²) in [5.74, 6) is 0. The molecule has 0 aliphatic rings. The molecule has 1 N–H and O–H groups in total. The van der Waals surface area contributed by atoms with E-state index in [0.717, 1.165) is 10.6 Å². The van der Waals surface area contributed by atoms with Crippen LogP contribution < -0.4 is 0 Å². The lowest BCUT2D eigenvalue weighted by atomic mass is 9.85. The molecule has 0 spiro atoms. The highest BCUT2D eigenvalue weighted by atomic mass is 35.5. The Hall–Kier alpha value is -0.790. The lowest BCUT2D eigenvalue weighted by Gasteiger charge is -2.23. The molecule has 0 saturated carbocycles. The average Bonchev–Trinajstić information content (AvgIpc) is 2.21. The molecular formula is C12H15ClO. The Morgan fingerprint density at radius 1 is 1.50 bits per heavy atom. The van der Waals surface area contributed by atoms with Crippen molar-refractivity contribution in [1.82, 2.24) is 0 Å². The monoisotopic (exact) mass is 210 g/mol. The summed E-state index contributed by atoms with van der Waals surface area (Å²) in [5.41, 5.74) is 0.760. The van der Waals surface area contributed by atoms with E-state index < -0.39 is 0 Å². The largest absolute Gasteiger partial charge is 0.395 e. The summed E-state index contributed by atoms with van der Waals surface area (Å²) in [5, 5.41) is 9.97. The molecule has 14 heavy (non-hydrogen) atoms. The molecule has 0 heterocycles. The Morgan fingerprint density at radius 3 is 2.64 bits per heavy atom. The second kappa shape index (κ2) is 4.63. The van der Waals surface area contributed by atoms with Gasteiger partial charge in [-0.1, -0.05) is 42.8 Å². The predicted octanol–water partition coefficient (Wildman–Crippen LogP) is 3.07. The van der Waals surface area contributed by atoms with Crippen molar-refractivity contribution in [3.05, 3.63) is 47.5 Å². The summed E-state index contributed by atoms with van der Waals surface area (Å²) in [6.45, 7) is 5.77. The van der Waals surface area contributed by atoms with Crippen LogP contribution in [0.15, 0.2) is 36.9 Å². The van der Waals surface area contributed by atoms with E-state index in [0.29, 0.717) is 6.42 Å². The van der Waals surface area contributed by atoms with Crippen molar-refractivity contribution in [2.45, 2.75) is 13.3 Å². The molecule has 1 atom stereocenters. The molecule has 1 nitrogen and oxygen atoms in total. The highest BCUT2D eigenvalue weighted by Crippen LogP contribution is 2.27. The van der Waals surface area contributed by atoms with Crippen LogP contribution in [-0.2, 0) is 6.42 Å². The normalized spacial score (nSPS) is 14.8. The molecule has 0 bridgehead atoms. The first-order chi connectivity index (χ1) is 6.61.